The Balaban J connectivity index is 2.75. The minimum absolute atomic E-state index is 0.0383. The molecule has 1 amide bonds. The lowest BCUT2D eigenvalue weighted by atomic mass is 10.1. The van der Waals surface area contributed by atoms with Crippen LogP contribution in [0.5, 0.6) is 11.5 Å². The molecule has 5 nitrogen and oxygen atoms in total. The van der Waals surface area contributed by atoms with Crippen LogP contribution in [0.3, 0.4) is 0 Å². The van der Waals surface area contributed by atoms with Crippen molar-refractivity contribution in [3.8, 4) is 17.6 Å². The van der Waals surface area contributed by atoms with Crippen LogP contribution in [0.25, 0.3) is 6.08 Å². The predicted octanol–water partition coefficient (Wildman–Crippen LogP) is 2.92. The lowest BCUT2D eigenvalue weighted by Crippen LogP contribution is -2.32. The van der Waals surface area contributed by atoms with E-state index in [1.54, 1.807) is 24.3 Å². The Morgan fingerprint density at radius 3 is 2.68 bits per heavy atom. The quantitative estimate of drug-likeness (QED) is 0.749. The molecule has 118 valence electrons. The number of benzene rings is 1. The first-order valence-corrected chi connectivity index (χ1v) is 7.30. The monoisotopic (exact) mass is 302 g/mol. The van der Waals surface area contributed by atoms with Gasteiger partial charge in [-0.2, -0.15) is 5.26 Å². The Hall–Kier alpha value is -2.48. The summed E-state index contributed by atoms with van der Waals surface area (Å²) in [6, 6.07) is 7.39. The standard InChI is InChI=1S/C17H22N2O3/c1-4-14(5-2)19-17(20)9-7-13-6-8-15(22-11-10-18)16(12-13)21-3/h6-9,12,14H,4-5,11H2,1-3H3,(H,19,20)/b9-7+. The van der Waals surface area contributed by atoms with Crippen molar-refractivity contribution in [3.05, 3.63) is 29.8 Å². The molecule has 1 N–H and O–H groups in total. The average molecular weight is 302 g/mol. The molecule has 0 aliphatic heterocycles. The van der Waals surface area contributed by atoms with E-state index in [1.165, 1.54) is 13.2 Å². The fraction of sp³-hybridized carbons (Fsp3) is 0.412. The number of nitriles is 1. The molecule has 0 saturated carbocycles. The van der Waals surface area contributed by atoms with Crippen LogP contribution in [-0.4, -0.2) is 25.7 Å². The second-order valence-electron chi connectivity index (χ2n) is 4.71. The lowest BCUT2D eigenvalue weighted by Gasteiger charge is -2.12. The van der Waals surface area contributed by atoms with E-state index in [1.807, 2.05) is 19.9 Å². The first-order chi connectivity index (χ1) is 10.6. The minimum atomic E-state index is -0.113. The number of rotatable bonds is 8. The van der Waals surface area contributed by atoms with E-state index in [2.05, 4.69) is 5.32 Å². The number of nitrogens with zero attached hydrogens (tertiary/aromatic N) is 1. The second kappa shape index (κ2) is 9.46. The Labute approximate surface area is 131 Å². The first-order valence-electron chi connectivity index (χ1n) is 7.30. The molecule has 0 aliphatic rings. The second-order valence-corrected chi connectivity index (χ2v) is 4.71. The number of carbonyl (C=O) groups is 1. The van der Waals surface area contributed by atoms with E-state index in [4.69, 9.17) is 14.7 Å². The Morgan fingerprint density at radius 1 is 1.36 bits per heavy atom. The van der Waals surface area contributed by atoms with Crippen molar-refractivity contribution in [1.29, 1.82) is 5.26 Å². The van der Waals surface area contributed by atoms with Gasteiger partial charge in [-0.15, -0.1) is 0 Å². The smallest absolute Gasteiger partial charge is 0.244 e. The maximum Gasteiger partial charge on any atom is 0.244 e. The highest BCUT2D eigenvalue weighted by Gasteiger charge is 2.06. The van der Waals surface area contributed by atoms with E-state index in [0.29, 0.717) is 11.5 Å². The van der Waals surface area contributed by atoms with Crippen molar-refractivity contribution in [3.63, 3.8) is 0 Å². The molecule has 0 atom stereocenters. The van der Waals surface area contributed by atoms with Crippen LogP contribution < -0.4 is 14.8 Å². The zero-order chi connectivity index (χ0) is 16.4. The summed E-state index contributed by atoms with van der Waals surface area (Å²) in [5.74, 6) is 0.915. The Kier molecular flexibility index (Phi) is 7.55. The SMILES string of the molecule is CCC(CC)NC(=O)/C=C/c1ccc(OCC#N)c(OC)c1. The molecule has 0 heterocycles. The molecule has 0 radical (unpaired) electrons. The number of nitrogens with one attached hydrogen (secondary N) is 1. The van der Waals surface area contributed by atoms with E-state index < -0.39 is 0 Å². The summed E-state index contributed by atoms with van der Waals surface area (Å²) in [5, 5.41) is 11.5. The summed E-state index contributed by atoms with van der Waals surface area (Å²) < 4.78 is 10.5. The topological polar surface area (TPSA) is 71.3 Å². The molecule has 22 heavy (non-hydrogen) atoms. The van der Waals surface area contributed by atoms with Crippen LogP contribution in [0.15, 0.2) is 24.3 Å². The summed E-state index contributed by atoms with van der Waals surface area (Å²) in [5.41, 5.74) is 0.820. The predicted molar refractivity (Wildman–Crippen MR) is 85.6 cm³/mol. The third-order valence-electron chi connectivity index (χ3n) is 3.24. The molecule has 0 fully saturated rings. The van der Waals surface area contributed by atoms with E-state index in [9.17, 15) is 4.79 Å². The van der Waals surface area contributed by atoms with Gasteiger partial charge in [-0.25, -0.2) is 0 Å². The molecule has 5 heteroatoms. The fourth-order valence-corrected chi connectivity index (χ4v) is 1.93. The fourth-order valence-electron chi connectivity index (χ4n) is 1.93. The molecule has 1 rings (SSSR count). The molecule has 0 saturated heterocycles. The molecule has 1 aromatic carbocycles. The van der Waals surface area contributed by atoms with Gasteiger partial charge in [0, 0.05) is 12.1 Å². The summed E-state index contributed by atoms with van der Waals surface area (Å²) in [6.45, 7) is 4.05. The lowest BCUT2D eigenvalue weighted by molar-refractivity contribution is -0.117. The first kappa shape index (κ1) is 17.6. The van der Waals surface area contributed by atoms with Gasteiger partial charge in [0.05, 0.1) is 7.11 Å². The van der Waals surface area contributed by atoms with Gasteiger partial charge in [-0.3, -0.25) is 4.79 Å². The third-order valence-corrected chi connectivity index (χ3v) is 3.24. The van der Waals surface area contributed by atoms with Crippen molar-refractivity contribution in [2.45, 2.75) is 32.7 Å². The van der Waals surface area contributed by atoms with Crippen LogP contribution in [0.4, 0.5) is 0 Å². The van der Waals surface area contributed by atoms with Crippen molar-refractivity contribution >= 4 is 12.0 Å². The number of amides is 1. The molecule has 0 aromatic heterocycles. The number of hydrogen-bond donors (Lipinski definition) is 1. The maximum atomic E-state index is 11.8. The van der Waals surface area contributed by atoms with Gasteiger partial charge in [0.1, 0.15) is 6.07 Å². The maximum absolute atomic E-state index is 11.8. The van der Waals surface area contributed by atoms with Crippen molar-refractivity contribution in [2.75, 3.05) is 13.7 Å². The Morgan fingerprint density at radius 2 is 2.09 bits per heavy atom. The summed E-state index contributed by atoms with van der Waals surface area (Å²) in [6.07, 6.45) is 5.04. The van der Waals surface area contributed by atoms with E-state index >= 15 is 0 Å². The van der Waals surface area contributed by atoms with Crippen molar-refractivity contribution in [1.82, 2.24) is 5.32 Å². The number of hydrogen-bond acceptors (Lipinski definition) is 4. The van der Waals surface area contributed by atoms with E-state index in [0.717, 1.165) is 18.4 Å². The van der Waals surface area contributed by atoms with E-state index in [-0.39, 0.29) is 18.6 Å². The number of ether oxygens (including phenoxy) is 2. The molecule has 0 aliphatic carbocycles. The highest BCUT2D eigenvalue weighted by Crippen LogP contribution is 2.28. The minimum Gasteiger partial charge on any atom is -0.493 e. The summed E-state index contributed by atoms with van der Waals surface area (Å²) in [7, 11) is 1.53. The van der Waals surface area contributed by atoms with Crippen LogP contribution in [-0.2, 0) is 4.79 Å². The highest BCUT2D eigenvalue weighted by molar-refractivity contribution is 5.92. The molecular formula is C17H22N2O3. The zero-order valence-corrected chi connectivity index (χ0v) is 13.3. The van der Waals surface area contributed by atoms with Gasteiger partial charge >= 0.3 is 0 Å². The number of methoxy groups -OCH3 is 1. The number of carbonyl (C=O) groups excluding carboxylic acids is 1. The third kappa shape index (κ3) is 5.49. The largest absolute Gasteiger partial charge is 0.493 e. The van der Waals surface area contributed by atoms with Crippen molar-refractivity contribution in [2.24, 2.45) is 0 Å². The molecule has 0 spiro atoms. The molecule has 0 unspecified atom stereocenters. The van der Waals surface area contributed by atoms with Crippen LogP contribution in [0, 0.1) is 11.3 Å². The van der Waals surface area contributed by atoms with Gasteiger partial charge < -0.3 is 14.8 Å². The molecular weight excluding hydrogens is 280 g/mol. The summed E-state index contributed by atoms with van der Waals surface area (Å²) >= 11 is 0. The van der Waals surface area contributed by atoms with Gasteiger partial charge in [-0.1, -0.05) is 19.9 Å². The normalized spacial score (nSPS) is 10.5. The highest BCUT2D eigenvalue weighted by atomic mass is 16.5. The van der Waals surface area contributed by atoms with Crippen LogP contribution in [0.2, 0.25) is 0 Å². The van der Waals surface area contributed by atoms with Crippen LogP contribution in [0.1, 0.15) is 32.3 Å². The average Bonchev–Trinajstić information content (AvgIpc) is 2.56. The van der Waals surface area contributed by atoms with Crippen molar-refractivity contribution < 1.29 is 14.3 Å². The van der Waals surface area contributed by atoms with Crippen LogP contribution >= 0.6 is 0 Å². The summed E-state index contributed by atoms with van der Waals surface area (Å²) in [4.78, 5) is 11.8. The zero-order valence-electron chi connectivity index (χ0n) is 13.3. The van der Waals surface area contributed by atoms with Gasteiger partial charge in [0.25, 0.3) is 0 Å². The van der Waals surface area contributed by atoms with Gasteiger partial charge in [0.2, 0.25) is 5.91 Å². The Bertz CT molecular complexity index is 558. The molecule has 1 aromatic rings. The van der Waals surface area contributed by atoms with Gasteiger partial charge in [0.15, 0.2) is 18.1 Å². The molecule has 0 bridgehead atoms. The van der Waals surface area contributed by atoms with Gasteiger partial charge in [-0.05, 0) is 36.6 Å².